The molecule has 0 aliphatic heterocycles. The van der Waals surface area contributed by atoms with Gasteiger partial charge in [-0.1, -0.05) is 11.6 Å². The van der Waals surface area contributed by atoms with Gasteiger partial charge in [0.15, 0.2) is 0 Å². The fraction of sp³-hybridized carbons (Fsp3) is 0.167. The van der Waals surface area contributed by atoms with Gasteiger partial charge in [-0.2, -0.15) is 0 Å². The van der Waals surface area contributed by atoms with Crippen molar-refractivity contribution in [3.8, 4) is 5.75 Å². The number of benzene rings is 1. The molecule has 2 aromatic rings. The molecule has 1 aromatic heterocycles. The first-order valence-electron chi connectivity index (χ1n) is 4.98. The van der Waals surface area contributed by atoms with Crippen molar-refractivity contribution in [3.05, 3.63) is 48.0 Å². The fourth-order valence-corrected chi connectivity index (χ4v) is 4.23. The summed E-state index contributed by atoms with van der Waals surface area (Å²) in [6, 6.07) is 5.34. The fourth-order valence-electron chi connectivity index (χ4n) is 1.64. The summed E-state index contributed by atoms with van der Waals surface area (Å²) in [6.45, 7) is 0. The summed E-state index contributed by atoms with van der Waals surface area (Å²) >= 11 is 14.3. The number of halogens is 3. The molecule has 96 valence electrons. The Morgan fingerprint density at radius 3 is 2.61 bits per heavy atom. The standard InChI is InChI=1S/C12H9Br2ClO2S/c1-17-11-7(4-6(15)5-9(11)14)10(16)12-8(13)2-3-18-12/h2-5,10,16H,1H3. The topological polar surface area (TPSA) is 29.5 Å². The second kappa shape index (κ2) is 5.92. The highest BCUT2D eigenvalue weighted by molar-refractivity contribution is 9.10. The Bertz CT molecular complexity index is 571. The van der Waals surface area contributed by atoms with Crippen LogP contribution in [0.4, 0.5) is 0 Å². The van der Waals surface area contributed by atoms with Crippen LogP contribution in [0.5, 0.6) is 5.75 Å². The van der Waals surface area contributed by atoms with E-state index in [-0.39, 0.29) is 0 Å². The van der Waals surface area contributed by atoms with Crippen LogP contribution in [0.25, 0.3) is 0 Å². The Morgan fingerprint density at radius 2 is 2.06 bits per heavy atom. The van der Waals surface area contributed by atoms with Gasteiger partial charge in [0.05, 0.1) is 16.5 Å². The molecule has 0 saturated carbocycles. The van der Waals surface area contributed by atoms with Crippen molar-refractivity contribution in [3.63, 3.8) is 0 Å². The lowest BCUT2D eigenvalue weighted by atomic mass is 10.1. The summed E-state index contributed by atoms with van der Waals surface area (Å²) in [6.07, 6.45) is -0.774. The Balaban J connectivity index is 2.54. The van der Waals surface area contributed by atoms with E-state index in [1.54, 1.807) is 19.2 Å². The van der Waals surface area contributed by atoms with E-state index in [4.69, 9.17) is 16.3 Å². The normalized spacial score (nSPS) is 12.5. The van der Waals surface area contributed by atoms with Crippen LogP contribution < -0.4 is 4.74 Å². The predicted molar refractivity (Wildman–Crippen MR) is 81.8 cm³/mol. The summed E-state index contributed by atoms with van der Waals surface area (Å²) in [4.78, 5) is 0.822. The average Bonchev–Trinajstić information content (AvgIpc) is 2.73. The summed E-state index contributed by atoms with van der Waals surface area (Å²) in [7, 11) is 1.56. The van der Waals surface area contributed by atoms with E-state index >= 15 is 0 Å². The second-order valence-corrected chi connectivity index (χ2v) is 6.64. The van der Waals surface area contributed by atoms with Gasteiger partial charge in [-0.3, -0.25) is 0 Å². The largest absolute Gasteiger partial charge is 0.495 e. The molecular weight excluding hydrogens is 403 g/mol. The minimum absolute atomic E-state index is 0.546. The average molecular weight is 413 g/mol. The van der Waals surface area contributed by atoms with E-state index in [1.807, 2.05) is 11.4 Å². The maximum atomic E-state index is 10.4. The van der Waals surface area contributed by atoms with E-state index in [0.29, 0.717) is 16.3 Å². The van der Waals surface area contributed by atoms with Gasteiger partial charge in [-0.15, -0.1) is 11.3 Å². The molecular formula is C12H9Br2ClO2S. The molecule has 2 rings (SSSR count). The van der Waals surface area contributed by atoms with Crippen molar-refractivity contribution in [2.75, 3.05) is 7.11 Å². The molecule has 1 heterocycles. The third-order valence-electron chi connectivity index (χ3n) is 2.43. The first-order chi connectivity index (χ1) is 8.54. The number of aliphatic hydroxyl groups excluding tert-OH is 1. The number of thiophene rings is 1. The van der Waals surface area contributed by atoms with Crippen LogP contribution in [0.1, 0.15) is 16.5 Å². The van der Waals surface area contributed by atoms with Crippen molar-refractivity contribution in [1.29, 1.82) is 0 Å². The Labute approximate surface area is 131 Å². The van der Waals surface area contributed by atoms with Crippen molar-refractivity contribution in [2.24, 2.45) is 0 Å². The summed E-state index contributed by atoms with van der Waals surface area (Å²) < 4.78 is 6.91. The Morgan fingerprint density at radius 1 is 1.33 bits per heavy atom. The smallest absolute Gasteiger partial charge is 0.139 e. The van der Waals surface area contributed by atoms with Gasteiger partial charge in [-0.05, 0) is 55.4 Å². The van der Waals surface area contributed by atoms with E-state index in [1.165, 1.54) is 11.3 Å². The van der Waals surface area contributed by atoms with Gasteiger partial charge in [0.2, 0.25) is 0 Å². The van der Waals surface area contributed by atoms with Crippen molar-refractivity contribution < 1.29 is 9.84 Å². The lowest BCUT2D eigenvalue weighted by Crippen LogP contribution is -2.02. The van der Waals surface area contributed by atoms with E-state index < -0.39 is 6.10 Å². The highest BCUT2D eigenvalue weighted by atomic mass is 79.9. The molecule has 0 bridgehead atoms. The van der Waals surface area contributed by atoms with Gasteiger partial charge < -0.3 is 9.84 Å². The van der Waals surface area contributed by atoms with Gasteiger partial charge in [0, 0.05) is 15.1 Å². The van der Waals surface area contributed by atoms with Crippen LogP contribution >= 0.6 is 54.8 Å². The number of methoxy groups -OCH3 is 1. The molecule has 6 heteroatoms. The maximum absolute atomic E-state index is 10.4. The SMILES string of the molecule is COc1c(Br)cc(Cl)cc1C(O)c1sccc1Br. The highest BCUT2D eigenvalue weighted by Gasteiger charge is 2.21. The lowest BCUT2D eigenvalue weighted by Gasteiger charge is -2.16. The van der Waals surface area contributed by atoms with Crippen LogP contribution in [0.2, 0.25) is 5.02 Å². The number of hydrogen-bond donors (Lipinski definition) is 1. The monoisotopic (exact) mass is 410 g/mol. The lowest BCUT2D eigenvalue weighted by molar-refractivity contribution is 0.217. The molecule has 2 nitrogen and oxygen atoms in total. The zero-order valence-corrected chi connectivity index (χ0v) is 14.0. The minimum Gasteiger partial charge on any atom is -0.495 e. The highest BCUT2D eigenvalue weighted by Crippen LogP contribution is 2.41. The quantitative estimate of drug-likeness (QED) is 0.767. The van der Waals surface area contributed by atoms with Crippen molar-refractivity contribution >= 4 is 54.8 Å². The van der Waals surface area contributed by atoms with Crippen molar-refractivity contribution in [2.45, 2.75) is 6.10 Å². The molecule has 0 amide bonds. The zero-order chi connectivity index (χ0) is 13.3. The van der Waals surface area contributed by atoms with Gasteiger partial charge in [0.1, 0.15) is 11.9 Å². The number of rotatable bonds is 3. The van der Waals surface area contributed by atoms with E-state index in [9.17, 15) is 5.11 Å². The molecule has 0 aliphatic rings. The van der Waals surface area contributed by atoms with Crippen LogP contribution in [0.15, 0.2) is 32.5 Å². The molecule has 0 saturated heterocycles. The predicted octanol–water partition coefficient (Wildman–Crippen LogP) is 5.02. The van der Waals surface area contributed by atoms with E-state index in [2.05, 4.69) is 31.9 Å². The molecule has 0 aliphatic carbocycles. The van der Waals surface area contributed by atoms with Crippen LogP contribution in [-0.4, -0.2) is 12.2 Å². The molecule has 18 heavy (non-hydrogen) atoms. The second-order valence-electron chi connectivity index (χ2n) is 3.55. The third-order valence-corrected chi connectivity index (χ3v) is 5.16. The summed E-state index contributed by atoms with van der Waals surface area (Å²) in [5, 5.41) is 12.9. The maximum Gasteiger partial charge on any atom is 0.139 e. The Kier molecular flexibility index (Phi) is 4.72. The van der Waals surface area contributed by atoms with Gasteiger partial charge in [-0.25, -0.2) is 0 Å². The van der Waals surface area contributed by atoms with Crippen LogP contribution in [0.3, 0.4) is 0 Å². The number of ether oxygens (including phenoxy) is 1. The molecule has 0 spiro atoms. The molecule has 0 radical (unpaired) electrons. The van der Waals surface area contributed by atoms with Crippen LogP contribution in [0, 0.1) is 0 Å². The zero-order valence-electron chi connectivity index (χ0n) is 9.28. The summed E-state index contributed by atoms with van der Waals surface area (Å²) in [5.74, 6) is 0.590. The number of aliphatic hydroxyl groups is 1. The van der Waals surface area contributed by atoms with E-state index in [0.717, 1.165) is 13.8 Å². The number of hydrogen-bond acceptors (Lipinski definition) is 3. The van der Waals surface area contributed by atoms with Gasteiger partial charge in [0.25, 0.3) is 0 Å². The third kappa shape index (κ3) is 2.75. The molecule has 1 atom stereocenters. The first kappa shape index (κ1) is 14.3. The van der Waals surface area contributed by atoms with Crippen molar-refractivity contribution in [1.82, 2.24) is 0 Å². The van der Waals surface area contributed by atoms with Gasteiger partial charge >= 0.3 is 0 Å². The Hall–Kier alpha value is -0.0700. The molecule has 1 aromatic carbocycles. The molecule has 1 unspecified atom stereocenters. The molecule has 1 N–H and O–H groups in total. The van der Waals surface area contributed by atoms with Crippen LogP contribution in [-0.2, 0) is 0 Å². The summed E-state index contributed by atoms with van der Waals surface area (Å²) in [5.41, 5.74) is 0.639. The minimum atomic E-state index is -0.774. The molecule has 0 fully saturated rings. The first-order valence-corrected chi connectivity index (χ1v) is 7.83.